The molecule has 128 valence electrons. The lowest BCUT2D eigenvalue weighted by molar-refractivity contribution is 0.0523. The molecule has 1 heterocycles. The zero-order valence-electron chi connectivity index (χ0n) is 14.1. The highest BCUT2D eigenvalue weighted by atomic mass is 79.9. The molecule has 0 radical (unpaired) electrons. The fourth-order valence-corrected chi connectivity index (χ4v) is 2.80. The van der Waals surface area contributed by atoms with Gasteiger partial charge in [-0.05, 0) is 44.5 Å². The lowest BCUT2D eigenvalue weighted by atomic mass is 9.98. The quantitative estimate of drug-likeness (QED) is 0.349. The summed E-state index contributed by atoms with van der Waals surface area (Å²) in [5.41, 5.74) is 2.11. The Kier molecular flexibility index (Phi) is 5.94. The lowest BCUT2D eigenvalue weighted by Gasteiger charge is -2.05. The number of aromatic amines is 1. The number of Topliss-reactive ketones (excluding diaryl/α,β-unsaturated/α-hetero) is 1. The molecule has 0 unspecified atom stereocenters. The molecule has 5 nitrogen and oxygen atoms in total. The first-order valence-corrected chi connectivity index (χ1v) is 8.46. The van der Waals surface area contributed by atoms with E-state index in [-0.39, 0.29) is 23.3 Å². The van der Waals surface area contributed by atoms with Crippen LogP contribution in [-0.4, -0.2) is 23.3 Å². The predicted molar refractivity (Wildman–Crippen MR) is 98.3 cm³/mol. The van der Waals surface area contributed by atoms with E-state index >= 15 is 0 Å². The molecule has 6 heteroatoms. The van der Waals surface area contributed by atoms with Crippen molar-refractivity contribution in [2.45, 2.75) is 20.8 Å². The van der Waals surface area contributed by atoms with Crippen molar-refractivity contribution in [3.8, 4) is 6.07 Å². The third-order valence-corrected chi connectivity index (χ3v) is 4.16. The van der Waals surface area contributed by atoms with Gasteiger partial charge in [-0.1, -0.05) is 28.1 Å². The van der Waals surface area contributed by atoms with Gasteiger partial charge in [-0.25, -0.2) is 4.79 Å². The van der Waals surface area contributed by atoms with Crippen LogP contribution in [0.25, 0.3) is 6.08 Å². The average Bonchev–Trinajstić information content (AvgIpc) is 2.88. The van der Waals surface area contributed by atoms with E-state index in [0.29, 0.717) is 11.4 Å². The molecular formula is C19H17BrN2O3. The number of H-pyrrole nitrogens is 1. The summed E-state index contributed by atoms with van der Waals surface area (Å²) in [7, 11) is 0. The fourth-order valence-electron chi connectivity index (χ4n) is 2.53. The molecule has 0 aliphatic heterocycles. The van der Waals surface area contributed by atoms with Crippen LogP contribution in [0.4, 0.5) is 0 Å². The Morgan fingerprint density at radius 2 is 1.80 bits per heavy atom. The molecule has 0 aliphatic rings. The van der Waals surface area contributed by atoms with E-state index in [1.807, 2.05) is 18.2 Å². The normalized spacial score (nSPS) is 11.1. The Morgan fingerprint density at radius 3 is 2.36 bits per heavy atom. The van der Waals surface area contributed by atoms with Gasteiger partial charge < -0.3 is 9.72 Å². The van der Waals surface area contributed by atoms with Crippen LogP contribution < -0.4 is 0 Å². The van der Waals surface area contributed by atoms with Crippen LogP contribution in [0.2, 0.25) is 0 Å². The smallest absolute Gasteiger partial charge is 0.340 e. The molecule has 0 spiro atoms. The Morgan fingerprint density at radius 1 is 1.20 bits per heavy atom. The highest BCUT2D eigenvalue weighted by molar-refractivity contribution is 9.10. The topological polar surface area (TPSA) is 83.0 Å². The first-order chi connectivity index (χ1) is 11.9. The Hall–Kier alpha value is -2.65. The van der Waals surface area contributed by atoms with E-state index in [4.69, 9.17) is 4.74 Å². The van der Waals surface area contributed by atoms with Crippen LogP contribution in [0.5, 0.6) is 0 Å². The van der Waals surface area contributed by atoms with Gasteiger partial charge >= 0.3 is 5.97 Å². The number of nitriles is 1. The van der Waals surface area contributed by atoms with Gasteiger partial charge in [0.2, 0.25) is 5.78 Å². The van der Waals surface area contributed by atoms with Crippen molar-refractivity contribution >= 4 is 33.8 Å². The number of carbonyl (C=O) groups excluding carboxylic acids is 2. The standard InChI is InChI=1S/C19H17BrN2O3/c1-4-25-19(24)17-12(3)22-11(2)16(17)18(23)14(10-21)9-13-5-7-15(20)8-6-13/h5-9,22H,4H2,1-3H3/b14-9+. The fraction of sp³-hybridized carbons (Fsp3) is 0.211. The van der Waals surface area contributed by atoms with Gasteiger partial charge in [-0.3, -0.25) is 4.79 Å². The van der Waals surface area contributed by atoms with Crippen LogP contribution in [0.15, 0.2) is 34.3 Å². The van der Waals surface area contributed by atoms with E-state index < -0.39 is 11.8 Å². The Bertz CT molecular complexity index is 887. The molecule has 2 aromatic rings. The van der Waals surface area contributed by atoms with Crippen LogP contribution in [0.1, 0.15) is 44.6 Å². The van der Waals surface area contributed by atoms with Crippen molar-refractivity contribution in [1.29, 1.82) is 5.26 Å². The summed E-state index contributed by atoms with van der Waals surface area (Å²) in [4.78, 5) is 28.1. The maximum atomic E-state index is 12.9. The zero-order valence-corrected chi connectivity index (χ0v) is 15.7. The van der Waals surface area contributed by atoms with Gasteiger partial charge in [0.25, 0.3) is 0 Å². The number of ether oxygens (including phenoxy) is 1. The summed E-state index contributed by atoms with van der Waals surface area (Å²) >= 11 is 3.34. The van der Waals surface area contributed by atoms with E-state index in [1.165, 1.54) is 6.08 Å². The lowest BCUT2D eigenvalue weighted by Crippen LogP contribution is -2.13. The first kappa shape index (κ1) is 18.7. The Balaban J connectivity index is 2.50. The predicted octanol–water partition coefficient (Wildman–Crippen LogP) is 4.36. The molecule has 0 atom stereocenters. The second-order valence-corrected chi connectivity index (χ2v) is 6.31. The highest BCUT2D eigenvalue weighted by Crippen LogP contribution is 2.24. The molecule has 0 saturated carbocycles. The number of nitrogens with zero attached hydrogens (tertiary/aromatic N) is 1. The number of carbonyl (C=O) groups is 2. The molecule has 0 saturated heterocycles. The molecule has 25 heavy (non-hydrogen) atoms. The summed E-state index contributed by atoms with van der Waals surface area (Å²) in [5.74, 6) is -1.08. The number of halogens is 1. The van der Waals surface area contributed by atoms with Gasteiger partial charge in [0.1, 0.15) is 11.6 Å². The monoisotopic (exact) mass is 400 g/mol. The van der Waals surface area contributed by atoms with Gasteiger partial charge in [-0.2, -0.15) is 5.26 Å². The molecule has 1 aromatic heterocycles. The number of benzene rings is 1. The van der Waals surface area contributed by atoms with Gasteiger partial charge in [0, 0.05) is 15.9 Å². The maximum Gasteiger partial charge on any atom is 0.340 e. The summed E-state index contributed by atoms with van der Waals surface area (Å²) in [6.45, 7) is 5.29. The van der Waals surface area contributed by atoms with Crippen molar-refractivity contribution in [2.75, 3.05) is 6.61 Å². The maximum absolute atomic E-state index is 12.9. The SMILES string of the molecule is CCOC(=O)c1c(C)[nH]c(C)c1C(=O)/C(C#N)=C/c1ccc(Br)cc1. The van der Waals surface area contributed by atoms with Crippen molar-refractivity contribution in [3.05, 3.63) is 62.4 Å². The van der Waals surface area contributed by atoms with Gasteiger partial charge in [-0.15, -0.1) is 0 Å². The molecule has 0 fully saturated rings. The summed E-state index contributed by atoms with van der Waals surface area (Å²) in [5, 5.41) is 9.43. The number of allylic oxidation sites excluding steroid dienone is 1. The van der Waals surface area contributed by atoms with Gasteiger partial charge in [0.05, 0.1) is 17.7 Å². The van der Waals surface area contributed by atoms with E-state index in [0.717, 1.165) is 10.0 Å². The number of hydrogen-bond acceptors (Lipinski definition) is 4. The number of nitrogens with one attached hydrogen (secondary N) is 1. The van der Waals surface area contributed by atoms with E-state index in [9.17, 15) is 14.9 Å². The number of esters is 1. The minimum Gasteiger partial charge on any atom is -0.462 e. The number of rotatable bonds is 5. The van der Waals surface area contributed by atoms with E-state index in [1.54, 1.807) is 32.9 Å². The largest absolute Gasteiger partial charge is 0.462 e. The zero-order chi connectivity index (χ0) is 18.6. The molecule has 1 N–H and O–H groups in total. The molecule has 2 rings (SSSR count). The molecule has 0 aliphatic carbocycles. The summed E-state index contributed by atoms with van der Waals surface area (Å²) in [6.07, 6.45) is 1.51. The highest BCUT2D eigenvalue weighted by Gasteiger charge is 2.27. The van der Waals surface area contributed by atoms with Crippen molar-refractivity contribution in [3.63, 3.8) is 0 Å². The number of aromatic nitrogens is 1. The number of hydrogen-bond donors (Lipinski definition) is 1. The third-order valence-electron chi connectivity index (χ3n) is 3.63. The summed E-state index contributed by atoms with van der Waals surface area (Å²) < 4.78 is 5.94. The second-order valence-electron chi connectivity index (χ2n) is 5.40. The average molecular weight is 401 g/mol. The minimum absolute atomic E-state index is 0.0463. The molecular weight excluding hydrogens is 384 g/mol. The number of ketones is 1. The first-order valence-electron chi connectivity index (χ1n) is 7.67. The van der Waals surface area contributed by atoms with E-state index in [2.05, 4.69) is 20.9 Å². The van der Waals surface area contributed by atoms with Crippen molar-refractivity contribution in [2.24, 2.45) is 0 Å². The van der Waals surface area contributed by atoms with Crippen molar-refractivity contribution < 1.29 is 14.3 Å². The summed E-state index contributed by atoms with van der Waals surface area (Å²) in [6, 6.07) is 9.15. The van der Waals surface area contributed by atoms with Crippen LogP contribution in [-0.2, 0) is 4.74 Å². The van der Waals surface area contributed by atoms with Crippen LogP contribution in [0.3, 0.4) is 0 Å². The molecule has 0 amide bonds. The molecule has 1 aromatic carbocycles. The van der Waals surface area contributed by atoms with Crippen LogP contribution in [0, 0.1) is 25.2 Å². The number of aryl methyl sites for hydroxylation is 2. The van der Waals surface area contributed by atoms with Crippen molar-refractivity contribution in [1.82, 2.24) is 4.98 Å². The molecule has 0 bridgehead atoms. The third kappa shape index (κ3) is 4.06. The second kappa shape index (κ2) is 7.95. The van der Waals surface area contributed by atoms with Gasteiger partial charge in [0.15, 0.2) is 0 Å². The minimum atomic E-state index is -0.575. The Labute approximate surface area is 154 Å². The van der Waals surface area contributed by atoms with Crippen LogP contribution >= 0.6 is 15.9 Å².